The van der Waals surface area contributed by atoms with Gasteiger partial charge < -0.3 is 10.7 Å². The zero-order chi connectivity index (χ0) is 13.1. The Morgan fingerprint density at radius 2 is 2.22 bits per heavy atom. The Kier molecular flexibility index (Phi) is 4.04. The molecule has 1 atom stereocenters. The molecule has 0 aliphatic rings. The first-order valence-corrected chi connectivity index (χ1v) is 6.52. The third kappa shape index (κ3) is 2.74. The van der Waals surface area contributed by atoms with E-state index in [0.29, 0.717) is 12.5 Å². The van der Waals surface area contributed by atoms with Crippen LogP contribution in [0.15, 0.2) is 24.3 Å². The maximum absolute atomic E-state index is 6.01. The fourth-order valence-electron chi connectivity index (χ4n) is 2.02. The van der Waals surface area contributed by atoms with Gasteiger partial charge in [0.15, 0.2) is 0 Å². The molecule has 2 rings (SSSR count). The first-order chi connectivity index (χ1) is 8.61. The quantitative estimate of drug-likeness (QED) is 0.887. The fourth-order valence-corrected chi connectivity index (χ4v) is 2.21. The Balaban J connectivity index is 2.35. The number of nitrogens with two attached hydrogens (primary N) is 1. The van der Waals surface area contributed by atoms with Gasteiger partial charge in [-0.25, -0.2) is 4.98 Å². The predicted molar refractivity (Wildman–Crippen MR) is 75.9 cm³/mol. The lowest BCUT2D eigenvalue weighted by molar-refractivity contribution is 0.654. The molecule has 3 N–H and O–H groups in total. The summed E-state index contributed by atoms with van der Waals surface area (Å²) in [6, 6.07) is 7.76. The Bertz CT molecular complexity index is 534. The van der Waals surface area contributed by atoms with Crippen molar-refractivity contribution in [3.63, 3.8) is 0 Å². The summed E-state index contributed by atoms with van der Waals surface area (Å²) in [4.78, 5) is 8.01. The summed E-state index contributed by atoms with van der Waals surface area (Å²) >= 11 is 6.01. The van der Waals surface area contributed by atoms with E-state index in [2.05, 4.69) is 16.9 Å². The Morgan fingerprint density at radius 1 is 1.44 bits per heavy atom. The average Bonchev–Trinajstić information content (AvgIpc) is 2.72. The maximum atomic E-state index is 6.01. The molecule has 1 heterocycles. The van der Waals surface area contributed by atoms with Crippen LogP contribution >= 0.6 is 11.6 Å². The van der Waals surface area contributed by atoms with E-state index in [9.17, 15) is 0 Å². The van der Waals surface area contributed by atoms with E-state index in [1.807, 2.05) is 31.2 Å². The number of rotatable bonds is 4. The van der Waals surface area contributed by atoms with Crippen LogP contribution in [0, 0.1) is 6.92 Å². The number of aromatic nitrogens is 2. The number of hydrogen-bond donors (Lipinski definition) is 2. The van der Waals surface area contributed by atoms with E-state index >= 15 is 0 Å². The molecule has 0 saturated heterocycles. The number of nitrogens with zero attached hydrogens (tertiary/aromatic N) is 1. The molecule has 4 heteroatoms. The minimum Gasteiger partial charge on any atom is -0.345 e. The lowest BCUT2D eigenvalue weighted by atomic mass is 10.1. The summed E-state index contributed by atoms with van der Waals surface area (Å²) in [6.07, 6.45) is 0.932. The third-order valence-electron chi connectivity index (χ3n) is 3.07. The summed E-state index contributed by atoms with van der Waals surface area (Å²) in [5.41, 5.74) is 8.66. The topological polar surface area (TPSA) is 54.7 Å². The molecule has 0 saturated carbocycles. The number of H-pyrrole nitrogens is 1. The van der Waals surface area contributed by atoms with Gasteiger partial charge in [-0.05, 0) is 32.0 Å². The normalized spacial score (nSPS) is 12.7. The van der Waals surface area contributed by atoms with E-state index in [1.165, 1.54) is 0 Å². The zero-order valence-corrected chi connectivity index (χ0v) is 11.5. The van der Waals surface area contributed by atoms with Gasteiger partial charge in [0.25, 0.3) is 0 Å². The van der Waals surface area contributed by atoms with E-state index in [1.54, 1.807) is 0 Å². The minimum atomic E-state index is 0.349. The van der Waals surface area contributed by atoms with Crippen molar-refractivity contribution in [3.8, 4) is 11.3 Å². The van der Waals surface area contributed by atoms with Crippen molar-refractivity contribution in [2.75, 3.05) is 6.54 Å². The van der Waals surface area contributed by atoms with Crippen LogP contribution in [0.25, 0.3) is 11.3 Å². The number of imidazole rings is 1. The highest BCUT2D eigenvalue weighted by molar-refractivity contribution is 6.30. The van der Waals surface area contributed by atoms with Crippen molar-refractivity contribution in [1.82, 2.24) is 9.97 Å². The van der Waals surface area contributed by atoms with Crippen LogP contribution in [0.2, 0.25) is 5.02 Å². The molecule has 0 amide bonds. The smallest absolute Gasteiger partial charge is 0.109 e. The van der Waals surface area contributed by atoms with E-state index in [4.69, 9.17) is 17.3 Å². The first kappa shape index (κ1) is 13.1. The summed E-state index contributed by atoms with van der Waals surface area (Å²) in [7, 11) is 0. The van der Waals surface area contributed by atoms with Crippen molar-refractivity contribution < 1.29 is 0 Å². The molecule has 0 aliphatic heterocycles. The van der Waals surface area contributed by atoms with Crippen molar-refractivity contribution >= 4 is 11.6 Å². The molecule has 18 heavy (non-hydrogen) atoms. The molecule has 0 radical (unpaired) electrons. The number of aromatic amines is 1. The molecule has 0 aliphatic carbocycles. The Hall–Kier alpha value is -1.32. The molecule has 0 spiro atoms. The third-order valence-corrected chi connectivity index (χ3v) is 3.30. The molecule has 1 unspecified atom stereocenters. The van der Waals surface area contributed by atoms with Gasteiger partial charge >= 0.3 is 0 Å². The molecular weight excluding hydrogens is 246 g/mol. The lowest BCUT2D eigenvalue weighted by Crippen LogP contribution is -2.05. The largest absolute Gasteiger partial charge is 0.345 e. The Morgan fingerprint density at radius 3 is 2.89 bits per heavy atom. The van der Waals surface area contributed by atoms with Crippen LogP contribution in [-0.2, 0) is 0 Å². The van der Waals surface area contributed by atoms with Crippen molar-refractivity contribution in [1.29, 1.82) is 0 Å². The van der Waals surface area contributed by atoms with Crippen molar-refractivity contribution in [3.05, 3.63) is 40.8 Å². The Labute approximate surface area is 112 Å². The summed E-state index contributed by atoms with van der Waals surface area (Å²) in [5, 5.41) is 0.728. The van der Waals surface area contributed by atoms with Crippen LogP contribution in [0.5, 0.6) is 0 Å². The standard InChI is InChI=1S/C14H18ClN3/c1-9(6-7-16)14-17-10(2)13(18-14)11-4-3-5-12(15)8-11/h3-5,8-9H,6-7,16H2,1-2H3,(H,17,18). The van der Waals surface area contributed by atoms with E-state index in [0.717, 1.165) is 34.2 Å². The second-order valence-corrected chi connectivity index (χ2v) is 5.02. The van der Waals surface area contributed by atoms with Gasteiger partial charge in [0.05, 0.1) is 5.69 Å². The molecule has 1 aromatic carbocycles. The van der Waals surface area contributed by atoms with Crippen LogP contribution in [0.1, 0.15) is 30.8 Å². The summed E-state index contributed by atoms with van der Waals surface area (Å²) in [6.45, 7) is 4.84. The van der Waals surface area contributed by atoms with Gasteiger partial charge in [-0.2, -0.15) is 0 Å². The van der Waals surface area contributed by atoms with Gasteiger partial charge in [-0.15, -0.1) is 0 Å². The van der Waals surface area contributed by atoms with Crippen LogP contribution in [0.4, 0.5) is 0 Å². The molecule has 96 valence electrons. The minimum absolute atomic E-state index is 0.349. The van der Waals surface area contributed by atoms with E-state index < -0.39 is 0 Å². The molecular formula is C14H18ClN3. The number of aryl methyl sites for hydroxylation is 1. The average molecular weight is 264 g/mol. The van der Waals surface area contributed by atoms with E-state index in [-0.39, 0.29) is 0 Å². The maximum Gasteiger partial charge on any atom is 0.109 e. The highest BCUT2D eigenvalue weighted by atomic mass is 35.5. The van der Waals surface area contributed by atoms with Crippen molar-refractivity contribution in [2.45, 2.75) is 26.2 Å². The second-order valence-electron chi connectivity index (χ2n) is 4.58. The van der Waals surface area contributed by atoms with Crippen LogP contribution < -0.4 is 5.73 Å². The molecule has 0 fully saturated rings. The number of benzene rings is 1. The summed E-state index contributed by atoms with van der Waals surface area (Å²) < 4.78 is 0. The van der Waals surface area contributed by atoms with Crippen molar-refractivity contribution in [2.24, 2.45) is 5.73 Å². The molecule has 2 aromatic rings. The zero-order valence-electron chi connectivity index (χ0n) is 10.7. The van der Waals surface area contributed by atoms with Gasteiger partial charge in [0.2, 0.25) is 0 Å². The lowest BCUT2D eigenvalue weighted by Gasteiger charge is -2.05. The van der Waals surface area contributed by atoms with Gasteiger partial charge in [0.1, 0.15) is 5.82 Å². The number of hydrogen-bond acceptors (Lipinski definition) is 2. The predicted octanol–water partition coefficient (Wildman–Crippen LogP) is 3.49. The first-order valence-electron chi connectivity index (χ1n) is 6.14. The van der Waals surface area contributed by atoms with Gasteiger partial charge in [-0.3, -0.25) is 0 Å². The molecule has 3 nitrogen and oxygen atoms in total. The monoisotopic (exact) mass is 263 g/mol. The van der Waals surface area contributed by atoms with Crippen LogP contribution in [-0.4, -0.2) is 16.5 Å². The number of halogens is 1. The van der Waals surface area contributed by atoms with Gasteiger partial charge in [-0.1, -0.05) is 30.7 Å². The summed E-state index contributed by atoms with van der Waals surface area (Å²) in [5.74, 6) is 1.34. The highest BCUT2D eigenvalue weighted by Gasteiger charge is 2.13. The molecule has 0 bridgehead atoms. The molecule has 1 aromatic heterocycles. The van der Waals surface area contributed by atoms with Gasteiger partial charge in [0, 0.05) is 22.2 Å². The number of nitrogens with one attached hydrogen (secondary N) is 1. The highest BCUT2D eigenvalue weighted by Crippen LogP contribution is 2.26. The fraction of sp³-hybridized carbons (Fsp3) is 0.357. The second kappa shape index (κ2) is 5.55. The van der Waals surface area contributed by atoms with Crippen LogP contribution in [0.3, 0.4) is 0 Å². The SMILES string of the molecule is Cc1[nH]c(C(C)CCN)nc1-c1cccc(Cl)c1.